The van der Waals surface area contributed by atoms with Gasteiger partial charge in [-0.3, -0.25) is 0 Å². The number of benzene rings is 9. The van der Waals surface area contributed by atoms with Crippen LogP contribution in [0.2, 0.25) is 0 Å². The number of fused-ring (bicyclic) bond motifs is 7. The molecule has 4 heterocycles. The molecular weight excluding hydrogens is 1150 g/mol. The van der Waals surface area contributed by atoms with Gasteiger partial charge in [-0.15, -0.1) is 48.1 Å². The Balaban J connectivity index is 0.00000623. The summed E-state index contributed by atoms with van der Waals surface area (Å²) in [5.74, 6) is 2.00. The molecule has 0 amide bonds. The van der Waals surface area contributed by atoms with Crippen LogP contribution in [0.3, 0.4) is 0 Å². The summed E-state index contributed by atoms with van der Waals surface area (Å²) in [4.78, 5) is 9.56. The van der Waals surface area contributed by atoms with Gasteiger partial charge >= 0.3 is 0 Å². The first-order valence-corrected chi connectivity index (χ1v) is 27.1. The van der Waals surface area contributed by atoms with E-state index in [0.717, 1.165) is 67.1 Å². The smallest absolute Gasteiger partial charge is 0.135 e. The van der Waals surface area contributed by atoms with Crippen molar-refractivity contribution in [3.05, 3.63) is 242 Å². The Labute approximate surface area is 478 Å². The van der Waals surface area contributed by atoms with Crippen molar-refractivity contribution in [1.82, 2.24) is 14.1 Å². The van der Waals surface area contributed by atoms with E-state index in [4.69, 9.17) is 9.72 Å². The Kier molecular flexibility index (Phi) is 12.8. The van der Waals surface area contributed by atoms with E-state index in [9.17, 15) is 0 Å². The van der Waals surface area contributed by atoms with E-state index in [1.165, 1.54) is 49.7 Å². The topological polar surface area (TPSA) is 38.5 Å². The fraction of sp³-hybridized carbons (Fsp3) is 0.167. The van der Waals surface area contributed by atoms with Crippen LogP contribution in [0.15, 0.2) is 206 Å². The first-order valence-electron chi connectivity index (χ1n) is 27.1. The average Bonchev–Trinajstić information content (AvgIpc) is 4.16. The number of rotatable bonds is 8. The van der Waals surface area contributed by atoms with Crippen LogP contribution in [-0.2, 0) is 37.3 Å². The van der Waals surface area contributed by atoms with Gasteiger partial charge < -0.3 is 23.7 Å². The number of hydrogen-bond acceptors (Lipinski definition) is 4. The molecule has 7 heteroatoms. The van der Waals surface area contributed by atoms with Crippen molar-refractivity contribution in [2.24, 2.45) is 0 Å². The van der Waals surface area contributed by atoms with Crippen molar-refractivity contribution in [3.63, 3.8) is 0 Å². The average molecular weight is 1210 g/mol. The van der Waals surface area contributed by atoms with Crippen molar-refractivity contribution in [2.45, 2.75) is 78.6 Å². The Hall–Kier alpha value is -8.18. The molecule has 0 aliphatic carbocycles. The third-order valence-electron chi connectivity index (χ3n) is 15.5. The Morgan fingerprint density at radius 3 is 1.56 bits per heavy atom. The molecule has 0 spiro atoms. The molecule has 0 radical (unpaired) electrons. The zero-order valence-electron chi connectivity index (χ0n) is 46.2. The van der Waals surface area contributed by atoms with Gasteiger partial charge in [-0.25, -0.2) is 4.98 Å². The molecule has 13 rings (SSSR count). The zero-order chi connectivity index (χ0) is 53.7. The number of hydrogen-bond donors (Lipinski definition) is 0. The van der Waals surface area contributed by atoms with E-state index in [-0.39, 0.29) is 37.3 Å². The number of pyridine rings is 1. The summed E-state index contributed by atoms with van der Waals surface area (Å²) in [7, 11) is 0. The predicted molar refractivity (Wildman–Crippen MR) is 326 cm³/mol. The van der Waals surface area contributed by atoms with Crippen molar-refractivity contribution in [2.75, 3.05) is 9.80 Å². The number of ether oxygens (including phenoxy) is 1. The fourth-order valence-electron chi connectivity index (χ4n) is 11.2. The molecule has 1 aliphatic rings. The van der Waals surface area contributed by atoms with Crippen LogP contribution in [-0.4, -0.2) is 14.1 Å². The van der Waals surface area contributed by atoms with Crippen molar-refractivity contribution in [1.29, 1.82) is 0 Å². The summed E-state index contributed by atoms with van der Waals surface area (Å²) in [5.41, 5.74) is 17.9. The Morgan fingerprint density at radius 1 is 0.405 bits per heavy atom. The van der Waals surface area contributed by atoms with Gasteiger partial charge in [0.2, 0.25) is 0 Å². The summed E-state index contributed by atoms with van der Waals surface area (Å²) in [6, 6.07) is 79.6. The van der Waals surface area contributed by atoms with Crippen LogP contribution < -0.4 is 14.5 Å². The minimum atomic E-state index is -0.0874. The van der Waals surface area contributed by atoms with Crippen LogP contribution in [0.5, 0.6) is 11.5 Å². The molecule has 0 unspecified atom stereocenters. The van der Waals surface area contributed by atoms with Gasteiger partial charge in [0.15, 0.2) is 0 Å². The molecule has 1 aliphatic heterocycles. The predicted octanol–water partition coefficient (Wildman–Crippen LogP) is 19.3. The third kappa shape index (κ3) is 9.40. The van der Waals surface area contributed by atoms with Gasteiger partial charge in [-0.05, 0) is 139 Å². The first kappa shape index (κ1) is 51.6. The van der Waals surface area contributed by atoms with E-state index in [2.05, 4.69) is 282 Å². The van der Waals surface area contributed by atoms with E-state index in [1.807, 2.05) is 24.4 Å². The van der Waals surface area contributed by atoms with Crippen LogP contribution in [0.4, 0.5) is 22.7 Å². The number of para-hydroxylation sites is 2. The maximum absolute atomic E-state index is 6.82. The van der Waals surface area contributed by atoms with Crippen LogP contribution >= 0.6 is 0 Å². The molecule has 394 valence electrons. The first-order chi connectivity index (χ1) is 37.5. The second-order valence-electron chi connectivity index (χ2n) is 23.9. The normalized spacial score (nSPS) is 12.9. The summed E-state index contributed by atoms with van der Waals surface area (Å²) in [6.07, 6.45) is 1.92. The van der Waals surface area contributed by atoms with Crippen molar-refractivity contribution >= 4 is 66.4 Å². The van der Waals surface area contributed by atoms with E-state index in [1.54, 1.807) is 0 Å². The zero-order valence-corrected chi connectivity index (χ0v) is 48.4. The molecule has 9 aromatic carbocycles. The van der Waals surface area contributed by atoms with Gasteiger partial charge in [0, 0.05) is 77.8 Å². The fourth-order valence-corrected chi connectivity index (χ4v) is 11.2. The van der Waals surface area contributed by atoms with Gasteiger partial charge in [0.25, 0.3) is 0 Å². The van der Waals surface area contributed by atoms with E-state index in [0.29, 0.717) is 11.5 Å². The van der Waals surface area contributed by atoms with Crippen molar-refractivity contribution < 1.29 is 25.8 Å². The minimum Gasteiger partial charge on any atom is -0.509 e. The third-order valence-corrected chi connectivity index (χ3v) is 15.5. The number of aromatic nitrogens is 3. The van der Waals surface area contributed by atoms with Crippen molar-refractivity contribution in [3.8, 4) is 45.3 Å². The van der Waals surface area contributed by atoms with E-state index < -0.39 is 0 Å². The van der Waals surface area contributed by atoms with Crippen LogP contribution in [0.1, 0.15) is 79.0 Å². The molecule has 0 bridgehead atoms. The molecule has 3 aromatic heterocycles. The standard InChI is InChI=1S/C72H62N5O.Pt/c1-70(2,3)51-35-36-73-69(42-51)77-65-34-29-55(76-63-32-27-49(47-19-12-10-13-20-47)37-60(63)61-38-50(28-33-64(61)76)48-21-14-11-15-22-48)44-62(65)59-31-30-58(45-68(59)77)78-57-24-18-23-54(43-57)74-46-75(67-26-17-16-25-66(67)74)56-40-52(71(4,5)6)39-53(41-56)72(7,8)9;/h10-42,44,46H,1-9H3;/q-3;. The minimum absolute atomic E-state index is 0. The van der Waals surface area contributed by atoms with Gasteiger partial charge in [-0.1, -0.05) is 159 Å². The summed E-state index contributed by atoms with van der Waals surface area (Å²) in [6.45, 7) is 22.6. The van der Waals surface area contributed by atoms with E-state index >= 15 is 0 Å². The molecule has 0 saturated carbocycles. The second-order valence-corrected chi connectivity index (χ2v) is 23.9. The molecule has 0 atom stereocenters. The molecule has 0 saturated heterocycles. The second kappa shape index (κ2) is 19.6. The maximum atomic E-state index is 6.82. The van der Waals surface area contributed by atoms with Gasteiger partial charge in [0.1, 0.15) is 5.82 Å². The Bertz CT molecular complexity index is 4160. The number of nitrogens with zero attached hydrogens (tertiary/aromatic N) is 5. The largest absolute Gasteiger partial charge is 0.509 e. The quantitative estimate of drug-likeness (QED) is 0.142. The Morgan fingerprint density at radius 2 is 0.949 bits per heavy atom. The maximum Gasteiger partial charge on any atom is 0.135 e. The molecular formula is C72H62N5OPt-3. The monoisotopic (exact) mass is 1210 g/mol. The molecule has 6 nitrogen and oxygen atoms in total. The van der Waals surface area contributed by atoms with Crippen LogP contribution in [0.25, 0.3) is 77.4 Å². The molecule has 12 aromatic rings. The molecule has 0 fully saturated rings. The van der Waals surface area contributed by atoms with Gasteiger partial charge in [-0.2, -0.15) is 12.1 Å². The molecule has 79 heavy (non-hydrogen) atoms. The van der Waals surface area contributed by atoms with Crippen LogP contribution in [0, 0.1) is 18.8 Å². The van der Waals surface area contributed by atoms with Gasteiger partial charge in [0.05, 0.1) is 11.0 Å². The molecule has 0 N–H and O–H groups in total. The summed E-state index contributed by atoms with van der Waals surface area (Å²) in [5, 5.41) is 4.55. The summed E-state index contributed by atoms with van der Waals surface area (Å²) >= 11 is 0. The summed E-state index contributed by atoms with van der Waals surface area (Å²) < 4.78 is 11.5. The number of anilines is 4. The SMILES string of the molecule is CC(C)(C)c1cc(N2[CH-]N(c3[c-]c(Oc4[c-]c5c(cc4)c4cc(-n6c7ccc(-c8ccccc8)cc7c7cc(-c8ccccc8)ccc76)ccc4n5-c4cc(C(C)(C)C)ccn4)ccc3)c3ccccc32)cc(C(C)(C)C)c1.[Pt].